The summed E-state index contributed by atoms with van der Waals surface area (Å²) in [6.45, 7) is 10.8. The van der Waals surface area contributed by atoms with Crippen LogP contribution in [0.15, 0.2) is 24.5 Å². The normalized spacial score (nSPS) is 15.5. The van der Waals surface area contributed by atoms with Crippen LogP contribution in [0, 0.1) is 5.92 Å². The van der Waals surface area contributed by atoms with Crippen LogP contribution in [-0.4, -0.2) is 205 Å². The summed E-state index contributed by atoms with van der Waals surface area (Å²) in [4.78, 5) is 41.1. The third-order valence-electron chi connectivity index (χ3n) is 8.05. The Bertz CT molecular complexity index is 1130. The molecule has 1 saturated heterocycles. The maximum absolute atomic E-state index is 12.8. The van der Waals surface area contributed by atoms with Gasteiger partial charge in [0.2, 0.25) is 11.8 Å². The van der Waals surface area contributed by atoms with E-state index in [1.165, 1.54) is 0 Å². The van der Waals surface area contributed by atoms with Crippen LogP contribution in [0.1, 0.15) is 24.4 Å². The zero-order valence-corrected chi connectivity index (χ0v) is 33.5. The van der Waals surface area contributed by atoms with E-state index in [9.17, 15) is 14.4 Å². The van der Waals surface area contributed by atoms with Crippen LogP contribution in [0.25, 0.3) is 0 Å². The number of likely N-dealkylation sites (tertiary alicyclic amines) is 1. The summed E-state index contributed by atoms with van der Waals surface area (Å²) in [5, 5.41) is 11.4. The first-order valence-corrected chi connectivity index (χ1v) is 19.6. The third kappa shape index (κ3) is 27.4. The summed E-state index contributed by atoms with van der Waals surface area (Å²) in [6.07, 6.45) is 3.52. The Morgan fingerprint density at radius 2 is 0.965 bits per heavy atom. The molecule has 2 atom stereocenters. The molecule has 1 aliphatic heterocycles. The van der Waals surface area contributed by atoms with Crippen LogP contribution in [0.4, 0.5) is 0 Å². The molecule has 2 amide bonds. The number of hydrogen-bond donors (Lipinski definition) is 2. The Hall–Kier alpha value is -2.92. The second kappa shape index (κ2) is 36.2. The molecule has 0 aliphatic carbocycles. The van der Waals surface area contributed by atoms with E-state index in [1.807, 2.05) is 6.07 Å². The Morgan fingerprint density at radius 1 is 0.614 bits per heavy atom. The van der Waals surface area contributed by atoms with E-state index < -0.39 is 11.9 Å². The van der Waals surface area contributed by atoms with E-state index in [0.29, 0.717) is 159 Å². The molecule has 0 bridgehead atoms. The number of carboxylic acids is 1. The Balaban J connectivity index is 1.19. The van der Waals surface area contributed by atoms with Gasteiger partial charge in [-0.05, 0) is 11.6 Å². The summed E-state index contributed by atoms with van der Waals surface area (Å²) in [5.74, 6) is -1.58. The number of carbonyl (C=O) groups is 3. The van der Waals surface area contributed by atoms with Crippen LogP contribution in [0.5, 0.6) is 0 Å². The number of ether oxygens (including phenoxy) is 12. The number of aliphatic carboxylic acids is 1. The largest absolute Gasteiger partial charge is 0.481 e. The van der Waals surface area contributed by atoms with Gasteiger partial charge in [-0.25, -0.2) is 0 Å². The molecule has 0 spiro atoms. The molecule has 57 heavy (non-hydrogen) atoms. The summed E-state index contributed by atoms with van der Waals surface area (Å²) in [6, 6.07) is 3.36. The molecule has 1 aromatic heterocycles. The number of hydrogen-bond acceptors (Lipinski definition) is 16. The zero-order valence-electron chi connectivity index (χ0n) is 33.5. The number of nitrogens with one attached hydrogen (secondary N) is 1. The number of rotatable bonds is 41. The van der Waals surface area contributed by atoms with Crippen LogP contribution in [0.2, 0.25) is 0 Å². The number of carbonyl (C=O) groups excluding carboxylic acids is 2. The second-order valence-corrected chi connectivity index (χ2v) is 12.3. The van der Waals surface area contributed by atoms with Crippen molar-refractivity contribution in [3.8, 4) is 0 Å². The monoisotopic (exact) mass is 819 g/mol. The molecule has 1 aromatic rings. The van der Waals surface area contributed by atoms with Crippen molar-refractivity contribution < 1.29 is 76.3 Å². The lowest BCUT2D eigenvalue weighted by atomic mass is 9.94. The van der Waals surface area contributed by atoms with Crippen LogP contribution in [-0.2, 0) is 71.2 Å². The van der Waals surface area contributed by atoms with Gasteiger partial charge in [-0.15, -0.1) is 0 Å². The number of pyridine rings is 1. The second-order valence-electron chi connectivity index (χ2n) is 12.3. The van der Waals surface area contributed by atoms with Gasteiger partial charge in [-0.2, -0.15) is 0 Å². The molecular weight excluding hydrogens is 754 g/mol. The first-order valence-electron chi connectivity index (χ1n) is 19.6. The Kier molecular flexibility index (Phi) is 31.9. The highest BCUT2D eigenvalue weighted by molar-refractivity contribution is 5.90. The molecule has 19 heteroatoms. The van der Waals surface area contributed by atoms with Crippen molar-refractivity contribution in [1.29, 1.82) is 0 Å². The van der Waals surface area contributed by atoms with E-state index in [-0.39, 0.29) is 37.3 Å². The number of nitrogens with zero attached hydrogens (tertiary/aromatic N) is 2. The van der Waals surface area contributed by atoms with Gasteiger partial charge in [0.15, 0.2) is 0 Å². The minimum Gasteiger partial charge on any atom is -0.481 e. The van der Waals surface area contributed by atoms with E-state index >= 15 is 0 Å². The summed E-state index contributed by atoms with van der Waals surface area (Å²) in [5.41, 5.74) is 0.843. The number of amides is 2. The first kappa shape index (κ1) is 50.2. The maximum atomic E-state index is 12.8. The summed E-state index contributed by atoms with van der Waals surface area (Å²) >= 11 is 0. The topological polar surface area (TPSA) is 210 Å². The average Bonchev–Trinajstić information content (AvgIpc) is 3.51. The molecule has 2 heterocycles. The predicted molar refractivity (Wildman–Crippen MR) is 203 cm³/mol. The molecule has 1 fully saturated rings. The van der Waals surface area contributed by atoms with Crippen LogP contribution < -0.4 is 5.32 Å². The highest BCUT2D eigenvalue weighted by Gasteiger charge is 2.42. The predicted octanol–water partition coefficient (Wildman–Crippen LogP) is 0.391. The van der Waals surface area contributed by atoms with Gasteiger partial charge in [0.25, 0.3) is 0 Å². The molecule has 0 radical (unpaired) electrons. The molecule has 0 aromatic carbocycles. The highest BCUT2D eigenvalue weighted by atomic mass is 16.6. The van der Waals surface area contributed by atoms with Gasteiger partial charge in [-0.1, -0.05) is 6.07 Å². The van der Waals surface area contributed by atoms with Gasteiger partial charge in [0.05, 0.1) is 177 Å². The fourth-order valence-corrected chi connectivity index (χ4v) is 5.17. The van der Waals surface area contributed by atoms with Crippen molar-refractivity contribution in [2.24, 2.45) is 5.92 Å². The minimum absolute atomic E-state index is 0.00968. The molecule has 328 valence electrons. The van der Waals surface area contributed by atoms with Crippen molar-refractivity contribution in [3.63, 3.8) is 0 Å². The number of aromatic nitrogens is 1. The lowest BCUT2D eigenvalue weighted by molar-refractivity contribution is -0.138. The van der Waals surface area contributed by atoms with E-state index in [2.05, 4.69) is 10.3 Å². The van der Waals surface area contributed by atoms with Crippen LogP contribution in [0.3, 0.4) is 0 Å². The van der Waals surface area contributed by atoms with Gasteiger partial charge in [-0.3, -0.25) is 19.4 Å². The van der Waals surface area contributed by atoms with Crippen molar-refractivity contribution in [3.05, 3.63) is 30.1 Å². The van der Waals surface area contributed by atoms with Crippen molar-refractivity contribution in [2.45, 2.75) is 18.9 Å². The third-order valence-corrected chi connectivity index (χ3v) is 8.05. The fraction of sp³-hybridized carbons (Fsp3) is 0.789. The lowest BCUT2D eigenvalue weighted by Gasteiger charge is -2.24. The molecule has 1 aliphatic rings. The summed E-state index contributed by atoms with van der Waals surface area (Å²) in [7, 11) is 1.71. The van der Waals surface area contributed by atoms with E-state index in [4.69, 9.17) is 61.9 Å². The quantitative estimate of drug-likeness (QED) is 0.0857. The fourth-order valence-electron chi connectivity index (χ4n) is 5.17. The Morgan fingerprint density at radius 3 is 1.30 bits per heavy atom. The minimum atomic E-state index is -0.880. The Labute approximate surface area is 336 Å². The SMILES string of the molecule is CN1C(=O)C[C@H](C(=O)NCCOCCOCCOCCOCCOCCOCCOCCOCCOCCOCCOCCOCCC(=O)O)[C@H]1c1cccnc1. The number of carboxylic acid groups (broad SMARTS) is 1. The maximum Gasteiger partial charge on any atom is 0.305 e. The molecule has 0 saturated carbocycles. The highest BCUT2D eigenvalue weighted by Crippen LogP contribution is 2.36. The van der Waals surface area contributed by atoms with Gasteiger partial charge >= 0.3 is 5.97 Å². The van der Waals surface area contributed by atoms with E-state index in [0.717, 1.165) is 5.56 Å². The molecule has 19 nitrogen and oxygen atoms in total. The zero-order chi connectivity index (χ0) is 40.9. The van der Waals surface area contributed by atoms with Gasteiger partial charge < -0.3 is 72.2 Å². The smallest absolute Gasteiger partial charge is 0.305 e. The van der Waals surface area contributed by atoms with Gasteiger partial charge in [0, 0.05) is 32.4 Å². The van der Waals surface area contributed by atoms with Gasteiger partial charge in [0.1, 0.15) is 0 Å². The van der Waals surface area contributed by atoms with Crippen molar-refractivity contribution in [2.75, 3.05) is 172 Å². The summed E-state index contributed by atoms with van der Waals surface area (Å²) < 4.78 is 65.2. The molecule has 0 unspecified atom stereocenters. The lowest BCUT2D eigenvalue weighted by Crippen LogP contribution is -2.36. The van der Waals surface area contributed by atoms with Crippen molar-refractivity contribution in [1.82, 2.24) is 15.2 Å². The van der Waals surface area contributed by atoms with Crippen molar-refractivity contribution >= 4 is 17.8 Å². The molecule has 2 rings (SSSR count). The van der Waals surface area contributed by atoms with E-state index in [1.54, 1.807) is 30.4 Å². The molecular formula is C38H65N3O16. The molecule has 2 N–H and O–H groups in total. The van der Waals surface area contributed by atoms with Crippen LogP contribution >= 0.6 is 0 Å². The first-order chi connectivity index (χ1) is 28.0. The average molecular weight is 820 g/mol. The standard InChI is InChI=1S/C38H65N3O16/c1-41-35(42)31-34(37(41)33-3-2-5-39-32-33)38(45)40-6-8-47-10-12-49-14-16-51-18-20-53-22-24-55-26-28-57-30-29-56-27-25-54-23-21-52-19-17-50-15-13-48-11-9-46-7-4-36(43)44/h2-3,5,32,34,37H,4,6-31H2,1H3,(H,40,45)(H,43,44)/t34-,37+/m0/s1.